The predicted molar refractivity (Wildman–Crippen MR) is 97.1 cm³/mol. The number of benzene rings is 2. The van der Waals surface area contributed by atoms with Crippen LogP contribution in [0.25, 0.3) is 11.4 Å². The molecule has 6 heteroatoms. The molecular formula is C20H19FN4O. The Hall–Kier alpha value is -3.02. The van der Waals surface area contributed by atoms with E-state index >= 15 is 0 Å². The molecule has 1 aliphatic rings. The van der Waals surface area contributed by atoms with Crippen LogP contribution in [0.4, 0.5) is 10.1 Å². The Bertz CT molecular complexity index is 916. The Kier molecular flexibility index (Phi) is 4.48. The minimum atomic E-state index is -0.276. The SMILES string of the molecule is O=C(CCc1ccccc1F)Nc1ccc(-c2n[nH]c(C3CC3)n2)cc1. The first kappa shape index (κ1) is 16.4. The van der Waals surface area contributed by atoms with Gasteiger partial charge in [-0.25, -0.2) is 9.37 Å². The number of aromatic amines is 1. The number of H-pyrrole nitrogens is 1. The number of amides is 1. The minimum absolute atomic E-state index is 0.144. The van der Waals surface area contributed by atoms with Crippen LogP contribution in [0, 0.1) is 5.82 Å². The van der Waals surface area contributed by atoms with Gasteiger partial charge in [0.15, 0.2) is 5.82 Å². The van der Waals surface area contributed by atoms with Gasteiger partial charge in [0, 0.05) is 23.6 Å². The molecule has 1 heterocycles. The van der Waals surface area contributed by atoms with Gasteiger partial charge in [0.05, 0.1) is 0 Å². The van der Waals surface area contributed by atoms with E-state index < -0.39 is 0 Å². The molecule has 132 valence electrons. The van der Waals surface area contributed by atoms with E-state index in [4.69, 9.17) is 0 Å². The number of rotatable bonds is 6. The molecule has 0 bridgehead atoms. The van der Waals surface area contributed by atoms with E-state index in [0.717, 1.165) is 11.4 Å². The number of aromatic nitrogens is 3. The summed E-state index contributed by atoms with van der Waals surface area (Å²) in [4.78, 5) is 16.6. The predicted octanol–water partition coefficient (Wildman–Crippen LogP) is 4.06. The molecule has 4 rings (SSSR count). The number of anilines is 1. The van der Waals surface area contributed by atoms with Crippen LogP contribution in [0.2, 0.25) is 0 Å². The number of carbonyl (C=O) groups excluding carboxylic acids is 1. The Morgan fingerprint density at radius 1 is 1.15 bits per heavy atom. The van der Waals surface area contributed by atoms with E-state index in [0.29, 0.717) is 29.4 Å². The highest BCUT2D eigenvalue weighted by Gasteiger charge is 2.27. The van der Waals surface area contributed by atoms with Gasteiger partial charge in [0.2, 0.25) is 5.91 Å². The molecule has 1 aromatic heterocycles. The number of hydrogen-bond donors (Lipinski definition) is 2. The zero-order valence-electron chi connectivity index (χ0n) is 14.2. The molecular weight excluding hydrogens is 331 g/mol. The van der Waals surface area contributed by atoms with Gasteiger partial charge in [-0.3, -0.25) is 9.89 Å². The maximum absolute atomic E-state index is 13.6. The summed E-state index contributed by atoms with van der Waals surface area (Å²) in [5, 5.41) is 10.1. The van der Waals surface area contributed by atoms with Gasteiger partial charge >= 0.3 is 0 Å². The summed E-state index contributed by atoms with van der Waals surface area (Å²) >= 11 is 0. The fourth-order valence-corrected chi connectivity index (χ4v) is 2.82. The average molecular weight is 350 g/mol. The van der Waals surface area contributed by atoms with E-state index in [1.807, 2.05) is 24.3 Å². The smallest absolute Gasteiger partial charge is 0.224 e. The molecule has 3 aromatic rings. The summed E-state index contributed by atoms with van der Waals surface area (Å²) in [5.74, 6) is 1.73. The minimum Gasteiger partial charge on any atom is -0.326 e. The number of halogens is 1. The molecule has 0 unspecified atom stereocenters. The zero-order chi connectivity index (χ0) is 17.9. The van der Waals surface area contributed by atoms with Crippen molar-refractivity contribution in [2.75, 3.05) is 5.32 Å². The van der Waals surface area contributed by atoms with Gasteiger partial charge in [-0.2, -0.15) is 5.10 Å². The van der Waals surface area contributed by atoms with Gasteiger partial charge in [-0.15, -0.1) is 0 Å². The van der Waals surface area contributed by atoms with Crippen molar-refractivity contribution in [1.29, 1.82) is 0 Å². The van der Waals surface area contributed by atoms with E-state index in [1.165, 1.54) is 18.9 Å². The van der Waals surface area contributed by atoms with E-state index in [-0.39, 0.29) is 18.1 Å². The van der Waals surface area contributed by atoms with Crippen LogP contribution >= 0.6 is 0 Å². The Morgan fingerprint density at radius 3 is 2.65 bits per heavy atom. The van der Waals surface area contributed by atoms with Crippen molar-refractivity contribution in [3.05, 3.63) is 65.7 Å². The van der Waals surface area contributed by atoms with Crippen molar-refractivity contribution >= 4 is 11.6 Å². The van der Waals surface area contributed by atoms with Gasteiger partial charge in [0.25, 0.3) is 0 Å². The normalized spacial score (nSPS) is 13.6. The van der Waals surface area contributed by atoms with Crippen molar-refractivity contribution in [3.63, 3.8) is 0 Å². The summed E-state index contributed by atoms with van der Waals surface area (Å²) in [5.41, 5.74) is 2.15. The van der Waals surface area contributed by atoms with E-state index in [9.17, 15) is 9.18 Å². The highest BCUT2D eigenvalue weighted by Crippen LogP contribution is 2.38. The fraction of sp³-hybridized carbons (Fsp3) is 0.250. The second kappa shape index (κ2) is 7.07. The lowest BCUT2D eigenvalue weighted by Crippen LogP contribution is -2.12. The molecule has 1 aliphatic carbocycles. The molecule has 5 nitrogen and oxygen atoms in total. The molecule has 0 radical (unpaired) electrons. The molecule has 1 fully saturated rings. The molecule has 1 amide bonds. The van der Waals surface area contributed by atoms with Gasteiger partial charge in [-0.05, 0) is 55.2 Å². The number of carbonyl (C=O) groups is 1. The molecule has 0 spiro atoms. The molecule has 0 aliphatic heterocycles. The lowest BCUT2D eigenvalue weighted by molar-refractivity contribution is -0.116. The van der Waals surface area contributed by atoms with Crippen LogP contribution in [-0.2, 0) is 11.2 Å². The average Bonchev–Trinajstić information content (AvgIpc) is 3.39. The lowest BCUT2D eigenvalue weighted by Gasteiger charge is -2.06. The number of nitrogens with one attached hydrogen (secondary N) is 2. The largest absolute Gasteiger partial charge is 0.326 e. The number of hydrogen-bond acceptors (Lipinski definition) is 3. The van der Waals surface area contributed by atoms with Crippen LogP contribution in [0.5, 0.6) is 0 Å². The van der Waals surface area contributed by atoms with E-state index in [1.54, 1.807) is 18.2 Å². The van der Waals surface area contributed by atoms with Crippen molar-refractivity contribution in [1.82, 2.24) is 15.2 Å². The van der Waals surface area contributed by atoms with Gasteiger partial charge in [-0.1, -0.05) is 18.2 Å². The molecule has 1 saturated carbocycles. The molecule has 0 atom stereocenters. The number of aryl methyl sites for hydroxylation is 1. The van der Waals surface area contributed by atoms with Crippen molar-refractivity contribution in [2.24, 2.45) is 0 Å². The summed E-state index contributed by atoms with van der Waals surface area (Å²) in [6, 6.07) is 13.9. The van der Waals surface area contributed by atoms with Crippen molar-refractivity contribution in [3.8, 4) is 11.4 Å². The third-order valence-electron chi connectivity index (χ3n) is 4.47. The molecule has 2 aromatic carbocycles. The topological polar surface area (TPSA) is 70.7 Å². The highest BCUT2D eigenvalue weighted by atomic mass is 19.1. The molecule has 26 heavy (non-hydrogen) atoms. The standard InChI is InChI=1S/C20H19FN4O/c21-17-4-2-1-3-13(17)9-12-18(26)22-16-10-7-15(8-11-16)20-23-19(24-25-20)14-5-6-14/h1-4,7-8,10-11,14H,5-6,9,12H2,(H,22,26)(H,23,24,25). The Balaban J connectivity index is 1.34. The van der Waals surface area contributed by atoms with Gasteiger partial charge < -0.3 is 5.32 Å². The lowest BCUT2D eigenvalue weighted by atomic mass is 10.1. The maximum Gasteiger partial charge on any atom is 0.224 e. The second-order valence-electron chi connectivity index (χ2n) is 6.54. The van der Waals surface area contributed by atoms with Crippen LogP contribution in [0.1, 0.15) is 36.6 Å². The van der Waals surface area contributed by atoms with Crippen LogP contribution < -0.4 is 5.32 Å². The first-order valence-electron chi connectivity index (χ1n) is 8.75. The third kappa shape index (κ3) is 3.79. The third-order valence-corrected chi connectivity index (χ3v) is 4.47. The fourth-order valence-electron chi connectivity index (χ4n) is 2.82. The monoisotopic (exact) mass is 350 g/mol. The molecule has 0 saturated heterocycles. The maximum atomic E-state index is 13.6. The van der Waals surface area contributed by atoms with Gasteiger partial charge in [0.1, 0.15) is 11.6 Å². The summed E-state index contributed by atoms with van der Waals surface area (Å²) in [6.07, 6.45) is 2.95. The summed E-state index contributed by atoms with van der Waals surface area (Å²) < 4.78 is 13.6. The quantitative estimate of drug-likeness (QED) is 0.704. The van der Waals surface area contributed by atoms with Crippen LogP contribution in [0.3, 0.4) is 0 Å². The van der Waals surface area contributed by atoms with Crippen LogP contribution in [-0.4, -0.2) is 21.1 Å². The highest BCUT2D eigenvalue weighted by molar-refractivity contribution is 5.91. The number of nitrogens with zero attached hydrogens (tertiary/aromatic N) is 2. The second-order valence-corrected chi connectivity index (χ2v) is 6.54. The summed E-state index contributed by atoms with van der Waals surface area (Å²) in [7, 11) is 0. The van der Waals surface area contributed by atoms with Crippen LogP contribution in [0.15, 0.2) is 48.5 Å². The van der Waals surface area contributed by atoms with Crippen molar-refractivity contribution < 1.29 is 9.18 Å². The summed E-state index contributed by atoms with van der Waals surface area (Å²) in [6.45, 7) is 0. The van der Waals surface area contributed by atoms with Crippen molar-refractivity contribution in [2.45, 2.75) is 31.6 Å². The Morgan fingerprint density at radius 2 is 1.92 bits per heavy atom. The first-order chi connectivity index (χ1) is 12.7. The Labute approximate surface area is 150 Å². The zero-order valence-corrected chi connectivity index (χ0v) is 14.2. The van der Waals surface area contributed by atoms with E-state index in [2.05, 4.69) is 20.5 Å². The first-order valence-corrected chi connectivity index (χ1v) is 8.75. The molecule has 2 N–H and O–H groups in total.